The molecule has 1 heterocycles. The molecule has 128 valence electrons. The summed E-state index contributed by atoms with van der Waals surface area (Å²) in [5.41, 5.74) is 1.78. The zero-order chi connectivity index (χ0) is 17.8. The number of ether oxygens (including phenoxy) is 1. The Morgan fingerprint density at radius 1 is 1.12 bits per heavy atom. The first-order valence-electron chi connectivity index (χ1n) is 7.99. The third-order valence-corrected chi connectivity index (χ3v) is 4.07. The molecule has 2 amide bonds. The Hall–Kier alpha value is -3.15. The van der Waals surface area contributed by atoms with Crippen molar-refractivity contribution in [2.45, 2.75) is 12.8 Å². The zero-order valence-electron chi connectivity index (χ0n) is 13.8. The summed E-state index contributed by atoms with van der Waals surface area (Å²) in [4.78, 5) is 37.9. The fraction of sp³-hybridized carbons (Fsp3) is 0.211. The fourth-order valence-electron chi connectivity index (χ4n) is 2.81. The van der Waals surface area contributed by atoms with Gasteiger partial charge in [-0.1, -0.05) is 18.2 Å². The van der Waals surface area contributed by atoms with Crippen molar-refractivity contribution in [3.8, 4) is 0 Å². The molecule has 3 rings (SSSR count). The molecule has 0 unspecified atom stereocenters. The largest absolute Gasteiger partial charge is 0.465 e. The number of rotatable bonds is 4. The summed E-state index contributed by atoms with van der Waals surface area (Å²) in [7, 11) is 1.29. The molecule has 0 atom stereocenters. The third kappa shape index (κ3) is 3.52. The molecule has 0 bridgehead atoms. The number of benzene rings is 2. The molecule has 6 heteroatoms. The van der Waals surface area contributed by atoms with Crippen LogP contribution in [0, 0.1) is 0 Å². The highest BCUT2D eigenvalue weighted by molar-refractivity contribution is 6.08. The van der Waals surface area contributed by atoms with Gasteiger partial charge in [-0.15, -0.1) is 0 Å². The van der Waals surface area contributed by atoms with Gasteiger partial charge in [-0.05, 0) is 36.8 Å². The fourth-order valence-corrected chi connectivity index (χ4v) is 2.81. The molecule has 0 spiro atoms. The number of carbonyl (C=O) groups is 3. The molecule has 0 aromatic heterocycles. The summed E-state index contributed by atoms with van der Waals surface area (Å²) in [6.07, 6.45) is 1.35. The van der Waals surface area contributed by atoms with Crippen molar-refractivity contribution in [1.29, 1.82) is 0 Å². The summed E-state index contributed by atoms with van der Waals surface area (Å²) in [6.45, 7) is 0.662. The molecule has 0 saturated carbocycles. The standard InChI is InChI=1S/C19H18N2O4/c1-25-19(24)15-8-2-3-9-16(15)20-18(23)13-6-4-7-14(12-13)21-11-5-10-17(21)22/h2-4,6-9,12H,5,10-11H2,1H3,(H,20,23). The van der Waals surface area contributed by atoms with Crippen LogP contribution < -0.4 is 10.2 Å². The summed E-state index contributed by atoms with van der Waals surface area (Å²) in [6, 6.07) is 13.5. The van der Waals surface area contributed by atoms with Crippen molar-refractivity contribution in [2.75, 3.05) is 23.9 Å². The van der Waals surface area contributed by atoms with Gasteiger partial charge in [0.15, 0.2) is 0 Å². The van der Waals surface area contributed by atoms with Crippen LogP contribution in [-0.4, -0.2) is 31.4 Å². The van der Waals surface area contributed by atoms with E-state index in [1.54, 1.807) is 47.4 Å². The molecule has 6 nitrogen and oxygen atoms in total. The Morgan fingerprint density at radius 3 is 2.64 bits per heavy atom. The van der Waals surface area contributed by atoms with Crippen LogP contribution in [0.2, 0.25) is 0 Å². The topological polar surface area (TPSA) is 75.7 Å². The van der Waals surface area contributed by atoms with Gasteiger partial charge >= 0.3 is 5.97 Å². The first kappa shape index (κ1) is 16.7. The second-order valence-electron chi connectivity index (χ2n) is 5.69. The second kappa shape index (κ2) is 7.17. The van der Waals surface area contributed by atoms with E-state index in [0.29, 0.717) is 29.9 Å². The Labute approximate surface area is 145 Å². The molecular weight excluding hydrogens is 320 g/mol. The van der Waals surface area contributed by atoms with Gasteiger partial charge in [0.05, 0.1) is 18.4 Å². The van der Waals surface area contributed by atoms with Crippen molar-refractivity contribution < 1.29 is 19.1 Å². The summed E-state index contributed by atoms with van der Waals surface area (Å²) in [5.74, 6) is -0.814. The molecule has 1 aliphatic rings. The van der Waals surface area contributed by atoms with E-state index in [2.05, 4.69) is 5.32 Å². The lowest BCUT2D eigenvalue weighted by Crippen LogP contribution is -2.24. The monoisotopic (exact) mass is 338 g/mol. The number of esters is 1. The summed E-state index contributed by atoms with van der Waals surface area (Å²) >= 11 is 0. The van der Waals surface area contributed by atoms with Crippen molar-refractivity contribution >= 4 is 29.2 Å². The van der Waals surface area contributed by atoms with Gasteiger partial charge in [0, 0.05) is 24.2 Å². The van der Waals surface area contributed by atoms with E-state index in [-0.39, 0.29) is 17.4 Å². The number of hydrogen-bond donors (Lipinski definition) is 1. The molecule has 1 saturated heterocycles. The van der Waals surface area contributed by atoms with Crippen LogP contribution in [0.15, 0.2) is 48.5 Å². The van der Waals surface area contributed by atoms with Gasteiger partial charge in [0.1, 0.15) is 0 Å². The quantitative estimate of drug-likeness (QED) is 0.870. The number of nitrogens with zero attached hydrogens (tertiary/aromatic N) is 1. The van der Waals surface area contributed by atoms with Crippen LogP contribution >= 0.6 is 0 Å². The third-order valence-electron chi connectivity index (χ3n) is 4.07. The molecule has 25 heavy (non-hydrogen) atoms. The van der Waals surface area contributed by atoms with Crippen LogP contribution in [0.5, 0.6) is 0 Å². The van der Waals surface area contributed by atoms with Gasteiger partial charge in [0.25, 0.3) is 5.91 Å². The Kier molecular flexibility index (Phi) is 4.79. The van der Waals surface area contributed by atoms with E-state index in [1.165, 1.54) is 7.11 Å². The number of anilines is 2. The number of nitrogens with one attached hydrogen (secondary N) is 1. The van der Waals surface area contributed by atoms with Gasteiger partial charge in [0.2, 0.25) is 5.91 Å². The zero-order valence-corrected chi connectivity index (χ0v) is 13.8. The number of para-hydroxylation sites is 1. The predicted molar refractivity (Wildman–Crippen MR) is 93.8 cm³/mol. The lowest BCUT2D eigenvalue weighted by Gasteiger charge is -2.16. The molecule has 0 radical (unpaired) electrons. The smallest absolute Gasteiger partial charge is 0.339 e. The molecule has 0 aliphatic carbocycles. The molecular formula is C19H18N2O4. The maximum absolute atomic E-state index is 12.6. The second-order valence-corrected chi connectivity index (χ2v) is 5.69. The molecule has 2 aromatic rings. The average Bonchev–Trinajstić information content (AvgIpc) is 3.07. The Balaban J connectivity index is 1.83. The molecule has 1 N–H and O–H groups in total. The first-order valence-corrected chi connectivity index (χ1v) is 7.99. The summed E-state index contributed by atoms with van der Waals surface area (Å²) in [5, 5.41) is 2.73. The number of methoxy groups -OCH3 is 1. The van der Waals surface area contributed by atoms with Crippen molar-refractivity contribution in [2.24, 2.45) is 0 Å². The highest BCUT2D eigenvalue weighted by atomic mass is 16.5. The van der Waals surface area contributed by atoms with Crippen LogP contribution in [-0.2, 0) is 9.53 Å². The highest BCUT2D eigenvalue weighted by Gasteiger charge is 2.22. The van der Waals surface area contributed by atoms with E-state index in [1.807, 2.05) is 6.07 Å². The van der Waals surface area contributed by atoms with E-state index in [9.17, 15) is 14.4 Å². The van der Waals surface area contributed by atoms with E-state index in [0.717, 1.165) is 6.42 Å². The van der Waals surface area contributed by atoms with Crippen molar-refractivity contribution in [3.05, 3.63) is 59.7 Å². The van der Waals surface area contributed by atoms with Gasteiger partial charge < -0.3 is 15.0 Å². The number of amides is 2. The van der Waals surface area contributed by atoms with Crippen molar-refractivity contribution in [1.82, 2.24) is 0 Å². The Bertz CT molecular complexity index is 832. The SMILES string of the molecule is COC(=O)c1ccccc1NC(=O)c1cccc(N2CCCC2=O)c1. The lowest BCUT2D eigenvalue weighted by molar-refractivity contribution is -0.117. The van der Waals surface area contributed by atoms with Crippen molar-refractivity contribution in [3.63, 3.8) is 0 Å². The van der Waals surface area contributed by atoms with Crippen LogP contribution in [0.3, 0.4) is 0 Å². The van der Waals surface area contributed by atoms with E-state index >= 15 is 0 Å². The number of carbonyl (C=O) groups excluding carboxylic acids is 3. The maximum atomic E-state index is 12.6. The van der Waals surface area contributed by atoms with E-state index in [4.69, 9.17) is 4.74 Å². The van der Waals surface area contributed by atoms with Gasteiger partial charge in [-0.3, -0.25) is 9.59 Å². The van der Waals surface area contributed by atoms with Crippen LogP contribution in [0.4, 0.5) is 11.4 Å². The minimum Gasteiger partial charge on any atom is -0.465 e. The van der Waals surface area contributed by atoms with Gasteiger partial charge in [-0.25, -0.2) is 4.79 Å². The maximum Gasteiger partial charge on any atom is 0.339 e. The number of hydrogen-bond acceptors (Lipinski definition) is 4. The van der Waals surface area contributed by atoms with Crippen LogP contribution in [0.1, 0.15) is 33.6 Å². The van der Waals surface area contributed by atoms with E-state index < -0.39 is 5.97 Å². The lowest BCUT2D eigenvalue weighted by atomic mass is 10.1. The van der Waals surface area contributed by atoms with Crippen LogP contribution in [0.25, 0.3) is 0 Å². The highest BCUT2D eigenvalue weighted by Crippen LogP contribution is 2.23. The average molecular weight is 338 g/mol. The summed E-state index contributed by atoms with van der Waals surface area (Å²) < 4.78 is 4.73. The van der Waals surface area contributed by atoms with Gasteiger partial charge in [-0.2, -0.15) is 0 Å². The predicted octanol–water partition coefficient (Wildman–Crippen LogP) is 2.85. The molecule has 1 fully saturated rings. The normalized spacial score (nSPS) is 13.6. The Morgan fingerprint density at radius 2 is 1.92 bits per heavy atom. The molecule has 1 aliphatic heterocycles. The first-order chi connectivity index (χ1) is 12.1. The minimum absolute atomic E-state index is 0.0635. The molecule has 2 aromatic carbocycles. The minimum atomic E-state index is -0.521.